The monoisotopic (exact) mass is 331 g/mol. The summed E-state index contributed by atoms with van der Waals surface area (Å²) in [6.45, 7) is 7.53. The Hall–Kier alpha value is -2.02. The topological polar surface area (TPSA) is 87.2 Å². The highest BCUT2D eigenvalue weighted by Gasteiger charge is 2.35. The van der Waals surface area contributed by atoms with Crippen LogP contribution < -0.4 is 10.6 Å². The molecule has 1 unspecified atom stereocenters. The molecule has 1 atom stereocenters. The highest BCUT2D eigenvalue weighted by molar-refractivity contribution is 5.98. The number of piperazine rings is 1. The molecule has 1 aromatic rings. The average molecular weight is 331 g/mol. The molecule has 7 nitrogen and oxygen atoms in total. The second kappa shape index (κ2) is 6.84. The van der Waals surface area contributed by atoms with Crippen molar-refractivity contribution in [2.24, 2.45) is 0 Å². The average Bonchev–Trinajstić information content (AvgIpc) is 3.38. The van der Waals surface area contributed by atoms with Crippen LogP contribution in [0.15, 0.2) is 6.20 Å². The van der Waals surface area contributed by atoms with Gasteiger partial charge < -0.3 is 15.5 Å². The summed E-state index contributed by atoms with van der Waals surface area (Å²) in [5.74, 6) is 0.701. The summed E-state index contributed by atoms with van der Waals surface area (Å²) in [5.41, 5.74) is 1.14. The number of nitrogens with one attached hydrogen (secondary N) is 2. The highest BCUT2D eigenvalue weighted by atomic mass is 16.2. The molecule has 1 aliphatic heterocycles. The van der Waals surface area contributed by atoms with Gasteiger partial charge in [-0.05, 0) is 19.8 Å². The van der Waals surface area contributed by atoms with E-state index in [1.165, 1.54) is 0 Å². The van der Waals surface area contributed by atoms with Crippen LogP contribution in [0.2, 0.25) is 0 Å². The second-order valence-corrected chi connectivity index (χ2v) is 6.88. The van der Waals surface area contributed by atoms with Gasteiger partial charge in [-0.25, -0.2) is 9.97 Å². The summed E-state index contributed by atoms with van der Waals surface area (Å²) in [5, 5.41) is 6.19. The number of aryl methyl sites for hydroxylation is 1. The maximum absolute atomic E-state index is 13.0. The first-order valence-electron chi connectivity index (χ1n) is 8.63. The lowest BCUT2D eigenvalue weighted by molar-refractivity contribution is -0.126. The number of aromatic nitrogens is 2. The molecular weight excluding hydrogens is 306 g/mol. The number of carbonyl (C=O) groups excluding carboxylic acids is 2. The Morgan fingerprint density at radius 2 is 2.12 bits per heavy atom. The van der Waals surface area contributed by atoms with Crippen molar-refractivity contribution in [3.63, 3.8) is 0 Å². The molecule has 1 aliphatic carbocycles. The van der Waals surface area contributed by atoms with Gasteiger partial charge in [-0.1, -0.05) is 13.8 Å². The molecule has 2 N–H and O–H groups in total. The lowest BCUT2D eigenvalue weighted by atomic mass is 10.1. The van der Waals surface area contributed by atoms with Gasteiger partial charge in [-0.2, -0.15) is 0 Å². The van der Waals surface area contributed by atoms with Gasteiger partial charge in [0.2, 0.25) is 5.91 Å². The maximum Gasteiger partial charge on any atom is 0.258 e. The van der Waals surface area contributed by atoms with Crippen molar-refractivity contribution in [2.45, 2.75) is 51.6 Å². The third kappa shape index (κ3) is 3.56. The predicted molar refractivity (Wildman–Crippen MR) is 89.7 cm³/mol. The van der Waals surface area contributed by atoms with E-state index in [1.54, 1.807) is 11.1 Å². The predicted octanol–water partition coefficient (Wildman–Crippen LogP) is 0.601. The largest absolute Gasteiger partial charge is 0.352 e. The second-order valence-electron chi connectivity index (χ2n) is 6.88. The van der Waals surface area contributed by atoms with Crippen molar-refractivity contribution < 1.29 is 9.59 Å². The Kier molecular flexibility index (Phi) is 4.80. The zero-order valence-corrected chi connectivity index (χ0v) is 14.5. The van der Waals surface area contributed by atoms with Gasteiger partial charge in [-0.15, -0.1) is 0 Å². The number of hydrogen-bond acceptors (Lipinski definition) is 5. The van der Waals surface area contributed by atoms with Crippen LogP contribution in [0.25, 0.3) is 0 Å². The number of amides is 2. The van der Waals surface area contributed by atoms with Crippen LogP contribution in [-0.4, -0.2) is 58.4 Å². The molecule has 1 saturated carbocycles. The van der Waals surface area contributed by atoms with E-state index >= 15 is 0 Å². The molecule has 24 heavy (non-hydrogen) atoms. The first kappa shape index (κ1) is 16.8. The Bertz CT molecular complexity index is 642. The van der Waals surface area contributed by atoms with Crippen LogP contribution in [-0.2, 0) is 4.79 Å². The number of hydrogen-bond donors (Lipinski definition) is 2. The molecule has 0 radical (unpaired) electrons. The quantitative estimate of drug-likeness (QED) is 0.844. The van der Waals surface area contributed by atoms with Crippen LogP contribution in [0.4, 0.5) is 0 Å². The molecule has 0 spiro atoms. The molecule has 130 valence electrons. The molecule has 0 bridgehead atoms. The zero-order chi connectivity index (χ0) is 17.3. The molecule has 1 saturated heterocycles. The number of carbonyl (C=O) groups is 2. The Morgan fingerprint density at radius 3 is 2.75 bits per heavy atom. The minimum atomic E-state index is -0.476. The molecule has 7 heteroatoms. The van der Waals surface area contributed by atoms with Crippen LogP contribution in [0.1, 0.15) is 54.5 Å². The van der Waals surface area contributed by atoms with Crippen LogP contribution >= 0.6 is 0 Å². The molecular formula is C17H25N5O2. The Labute approximate surface area is 142 Å². The van der Waals surface area contributed by atoms with E-state index in [4.69, 9.17) is 0 Å². The van der Waals surface area contributed by atoms with Crippen molar-refractivity contribution in [2.75, 3.05) is 19.6 Å². The fourth-order valence-electron chi connectivity index (χ4n) is 2.83. The number of nitrogens with zero attached hydrogens (tertiary/aromatic N) is 3. The van der Waals surface area contributed by atoms with Crippen LogP contribution in [0.3, 0.4) is 0 Å². The summed E-state index contributed by atoms with van der Waals surface area (Å²) in [7, 11) is 0. The molecule has 2 amide bonds. The summed E-state index contributed by atoms with van der Waals surface area (Å²) in [6.07, 6.45) is 3.66. The van der Waals surface area contributed by atoms with Crippen molar-refractivity contribution in [1.29, 1.82) is 0 Å². The van der Waals surface area contributed by atoms with Crippen molar-refractivity contribution in [3.05, 3.63) is 23.3 Å². The standard InChI is InChI=1S/C17H25N5O2/c1-10(2)15-19-8-13(11(3)20-15)17(24)22-7-6-18-9-14(22)16(23)21-12-4-5-12/h8,10,12,14,18H,4-7,9H2,1-3H3,(H,21,23). The first-order valence-corrected chi connectivity index (χ1v) is 8.63. The van der Waals surface area contributed by atoms with Gasteiger partial charge in [0, 0.05) is 37.8 Å². The molecule has 2 heterocycles. The molecule has 3 rings (SSSR count). The summed E-state index contributed by atoms with van der Waals surface area (Å²) in [4.78, 5) is 35.8. The van der Waals surface area contributed by atoms with Gasteiger partial charge in [0.15, 0.2) is 0 Å². The minimum absolute atomic E-state index is 0.0737. The first-order chi connectivity index (χ1) is 11.5. The van der Waals surface area contributed by atoms with E-state index in [2.05, 4.69) is 20.6 Å². The van der Waals surface area contributed by atoms with E-state index in [9.17, 15) is 9.59 Å². The van der Waals surface area contributed by atoms with E-state index in [1.807, 2.05) is 20.8 Å². The third-order valence-corrected chi connectivity index (χ3v) is 4.48. The summed E-state index contributed by atoms with van der Waals surface area (Å²) in [6, 6.07) is -0.192. The number of rotatable bonds is 4. The van der Waals surface area contributed by atoms with Gasteiger partial charge >= 0.3 is 0 Å². The lowest BCUT2D eigenvalue weighted by Crippen LogP contribution is -2.59. The molecule has 2 aliphatic rings. The highest BCUT2D eigenvalue weighted by Crippen LogP contribution is 2.20. The normalized spacial score (nSPS) is 21.0. The fourth-order valence-corrected chi connectivity index (χ4v) is 2.83. The molecule has 0 aromatic carbocycles. The SMILES string of the molecule is Cc1nc(C(C)C)ncc1C(=O)N1CCNCC1C(=O)NC1CC1. The van der Waals surface area contributed by atoms with Crippen molar-refractivity contribution >= 4 is 11.8 Å². The fraction of sp³-hybridized carbons (Fsp3) is 0.647. The molecule has 1 aromatic heterocycles. The summed E-state index contributed by atoms with van der Waals surface area (Å²) < 4.78 is 0. The van der Waals surface area contributed by atoms with E-state index in [0.717, 1.165) is 18.7 Å². The van der Waals surface area contributed by atoms with E-state index in [-0.39, 0.29) is 23.8 Å². The van der Waals surface area contributed by atoms with Gasteiger partial charge in [0.05, 0.1) is 11.3 Å². The van der Waals surface area contributed by atoms with Gasteiger partial charge in [-0.3, -0.25) is 9.59 Å². The van der Waals surface area contributed by atoms with Crippen molar-refractivity contribution in [1.82, 2.24) is 25.5 Å². The Balaban J connectivity index is 1.79. The smallest absolute Gasteiger partial charge is 0.258 e. The maximum atomic E-state index is 13.0. The third-order valence-electron chi connectivity index (χ3n) is 4.48. The zero-order valence-electron chi connectivity index (χ0n) is 14.5. The van der Waals surface area contributed by atoms with Crippen LogP contribution in [0, 0.1) is 6.92 Å². The van der Waals surface area contributed by atoms with Gasteiger partial charge in [0.1, 0.15) is 11.9 Å². The Morgan fingerprint density at radius 1 is 1.38 bits per heavy atom. The van der Waals surface area contributed by atoms with E-state index in [0.29, 0.717) is 30.9 Å². The van der Waals surface area contributed by atoms with Crippen molar-refractivity contribution in [3.8, 4) is 0 Å². The van der Waals surface area contributed by atoms with Crippen LogP contribution in [0.5, 0.6) is 0 Å². The van der Waals surface area contributed by atoms with Gasteiger partial charge in [0.25, 0.3) is 5.91 Å². The van der Waals surface area contributed by atoms with E-state index < -0.39 is 6.04 Å². The molecule has 2 fully saturated rings. The summed E-state index contributed by atoms with van der Waals surface area (Å²) >= 11 is 0. The lowest BCUT2D eigenvalue weighted by Gasteiger charge is -2.35. The minimum Gasteiger partial charge on any atom is -0.352 e.